The summed E-state index contributed by atoms with van der Waals surface area (Å²) in [5.41, 5.74) is 8.12. The van der Waals surface area contributed by atoms with Gasteiger partial charge in [0, 0.05) is 17.9 Å². The van der Waals surface area contributed by atoms with Crippen LogP contribution in [-0.2, 0) is 9.53 Å². The van der Waals surface area contributed by atoms with Gasteiger partial charge in [-0.25, -0.2) is 9.59 Å². The number of carbonyl (C=O) groups excluding carboxylic acids is 2. The number of esters is 1. The number of anilines is 1. The third kappa shape index (κ3) is 2.69. The lowest BCUT2D eigenvalue weighted by atomic mass is 9.95. The Labute approximate surface area is 123 Å². The van der Waals surface area contributed by atoms with Crippen LogP contribution in [0.1, 0.15) is 25.5 Å². The minimum Gasteiger partial charge on any atom is -0.466 e. The average molecular weight is 289 g/mol. The molecule has 112 valence electrons. The Kier molecular flexibility index (Phi) is 4.16. The Morgan fingerprint density at radius 2 is 2.00 bits per heavy atom. The summed E-state index contributed by atoms with van der Waals surface area (Å²) in [7, 11) is 1.33. The van der Waals surface area contributed by atoms with Gasteiger partial charge in [0.1, 0.15) is 0 Å². The topological polar surface area (TPSA) is 84.7 Å². The van der Waals surface area contributed by atoms with Crippen molar-refractivity contribution < 1.29 is 14.3 Å². The minimum atomic E-state index is -0.534. The largest absolute Gasteiger partial charge is 0.466 e. The zero-order chi connectivity index (χ0) is 15.6. The molecule has 3 N–H and O–H groups in total. The van der Waals surface area contributed by atoms with Crippen molar-refractivity contribution in [3.05, 3.63) is 41.1 Å². The number of nitrogens with zero attached hydrogens (tertiary/aromatic N) is 1. The first-order valence-corrected chi connectivity index (χ1v) is 6.72. The van der Waals surface area contributed by atoms with Crippen LogP contribution < -0.4 is 11.1 Å². The second-order valence-electron chi connectivity index (χ2n) is 4.78. The van der Waals surface area contributed by atoms with E-state index in [1.165, 1.54) is 12.0 Å². The lowest BCUT2D eigenvalue weighted by molar-refractivity contribution is -0.136. The predicted octanol–water partition coefficient (Wildman–Crippen LogP) is 1.80. The number of nitrogens with one attached hydrogen (secondary N) is 1. The van der Waals surface area contributed by atoms with Gasteiger partial charge in [-0.15, -0.1) is 0 Å². The SMILES string of the molecule is CCN1C(=O)NC(c2ccc(N)cc2)C(C(=O)OC)=C1C. The fourth-order valence-corrected chi connectivity index (χ4v) is 2.47. The summed E-state index contributed by atoms with van der Waals surface area (Å²) in [5.74, 6) is -0.451. The third-order valence-electron chi connectivity index (χ3n) is 3.59. The van der Waals surface area contributed by atoms with Crippen LogP contribution >= 0.6 is 0 Å². The van der Waals surface area contributed by atoms with Gasteiger partial charge in [0.2, 0.25) is 0 Å². The number of carbonyl (C=O) groups is 2. The maximum Gasteiger partial charge on any atom is 0.337 e. The molecule has 0 saturated carbocycles. The molecule has 1 unspecified atom stereocenters. The van der Waals surface area contributed by atoms with Crippen molar-refractivity contribution in [2.24, 2.45) is 0 Å². The molecule has 1 aromatic carbocycles. The fraction of sp³-hybridized carbons (Fsp3) is 0.333. The van der Waals surface area contributed by atoms with Crippen LogP contribution in [0.15, 0.2) is 35.5 Å². The number of allylic oxidation sites excluding steroid dienone is 1. The Hall–Kier alpha value is -2.50. The van der Waals surface area contributed by atoms with Gasteiger partial charge in [-0.3, -0.25) is 4.90 Å². The van der Waals surface area contributed by atoms with Crippen molar-refractivity contribution in [2.45, 2.75) is 19.9 Å². The average Bonchev–Trinajstić information content (AvgIpc) is 2.47. The Balaban J connectivity index is 2.52. The molecule has 2 amide bonds. The number of urea groups is 1. The van der Waals surface area contributed by atoms with Crippen molar-refractivity contribution in [1.29, 1.82) is 0 Å². The molecular formula is C15H19N3O3. The van der Waals surface area contributed by atoms with Crippen LogP contribution in [0, 0.1) is 0 Å². The number of methoxy groups -OCH3 is 1. The van der Waals surface area contributed by atoms with E-state index >= 15 is 0 Å². The molecule has 0 bridgehead atoms. The highest BCUT2D eigenvalue weighted by molar-refractivity contribution is 5.95. The van der Waals surface area contributed by atoms with E-state index in [0.29, 0.717) is 23.5 Å². The highest BCUT2D eigenvalue weighted by Crippen LogP contribution is 2.31. The van der Waals surface area contributed by atoms with Crippen LogP contribution in [0.25, 0.3) is 0 Å². The van der Waals surface area contributed by atoms with Gasteiger partial charge < -0.3 is 15.8 Å². The molecule has 1 heterocycles. The molecule has 0 aromatic heterocycles. The number of rotatable bonds is 3. The van der Waals surface area contributed by atoms with Gasteiger partial charge in [-0.2, -0.15) is 0 Å². The smallest absolute Gasteiger partial charge is 0.337 e. The van der Waals surface area contributed by atoms with Crippen molar-refractivity contribution in [3.63, 3.8) is 0 Å². The van der Waals surface area contributed by atoms with E-state index in [1.54, 1.807) is 31.2 Å². The molecule has 0 spiro atoms. The van der Waals surface area contributed by atoms with E-state index in [4.69, 9.17) is 10.5 Å². The molecule has 6 nitrogen and oxygen atoms in total. The predicted molar refractivity (Wildman–Crippen MR) is 79.2 cm³/mol. The van der Waals surface area contributed by atoms with Gasteiger partial charge in [-0.1, -0.05) is 12.1 Å². The molecule has 21 heavy (non-hydrogen) atoms. The molecule has 0 aliphatic carbocycles. The van der Waals surface area contributed by atoms with Crippen LogP contribution in [0.5, 0.6) is 0 Å². The molecule has 1 aromatic rings. The second-order valence-corrected chi connectivity index (χ2v) is 4.78. The maximum atomic E-state index is 12.1. The number of hydrogen-bond donors (Lipinski definition) is 2. The van der Waals surface area contributed by atoms with Gasteiger partial charge >= 0.3 is 12.0 Å². The number of nitrogens with two attached hydrogens (primary N) is 1. The van der Waals surface area contributed by atoms with Crippen LogP contribution in [-0.4, -0.2) is 30.6 Å². The van der Waals surface area contributed by atoms with Gasteiger partial charge in [0.05, 0.1) is 18.7 Å². The first-order valence-electron chi connectivity index (χ1n) is 6.72. The Morgan fingerprint density at radius 3 is 2.52 bits per heavy atom. The summed E-state index contributed by atoms with van der Waals surface area (Å²) in [4.78, 5) is 25.8. The summed E-state index contributed by atoms with van der Waals surface area (Å²) in [5, 5.41) is 2.84. The zero-order valence-electron chi connectivity index (χ0n) is 12.3. The van der Waals surface area contributed by atoms with Crippen molar-refractivity contribution in [3.8, 4) is 0 Å². The maximum absolute atomic E-state index is 12.1. The highest BCUT2D eigenvalue weighted by Gasteiger charge is 2.35. The normalized spacial score (nSPS) is 18.5. The van der Waals surface area contributed by atoms with E-state index in [0.717, 1.165) is 5.56 Å². The van der Waals surface area contributed by atoms with E-state index < -0.39 is 12.0 Å². The lowest BCUT2D eigenvalue weighted by Crippen LogP contribution is -2.47. The van der Waals surface area contributed by atoms with Crippen LogP contribution in [0.3, 0.4) is 0 Å². The summed E-state index contributed by atoms with van der Waals surface area (Å²) in [6, 6.07) is 6.28. The van der Waals surface area contributed by atoms with Crippen molar-refractivity contribution in [1.82, 2.24) is 10.2 Å². The Bertz CT molecular complexity index is 593. The van der Waals surface area contributed by atoms with Crippen LogP contribution in [0.2, 0.25) is 0 Å². The third-order valence-corrected chi connectivity index (χ3v) is 3.59. The number of ether oxygens (including phenoxy) is 1. The first-order chi connectivity index (χ1) is 9.99. The minimum absolute atomic E-state index is 0.232. The van der Waals surface area contributed by atoms with E-state index in [9.17, 15) is 9.59 Å². The molecule has 0 fully saturated rings. The lowest BCUT2D eigenvalue weighted by Gasteiger charge is -2.34. The molecule has 1 atom stereocenters. The summed E-state index contributed by atoms with van der Waals surface area (Å²) >= 11 is 0. The molecule has 1 aliphatic heterocycles. The van der Waals surface area contributed by atoms with Gasteiger partial charge in [-0.05, 0) is 31.5 Å². The number of nitrogen functional groups attached to an aromatic ring is 1. The number of amides is 2. The van der Waals surface area contributed by atoms with Crippen LogP contribution in [0.4, 0.5) is 10.5 Å². The highest BCUT2D eigenvalue weighted by atomic mass is 16.5. The molecule has 1 aliphatic rings. The zero-order valence-corrected chi connectivity index (χ0v) is 12.3. The fourth-order valence-electron chi connectivity index (χ4n) is 2.47. The van der Waals surface area contributed by atoms with E-state index in [2.05, 4.69) is 5.32 Å². The standard InChI is InChI=1S/C15H19N3O3/c1-4-18-9(2)12(14(19)21-3)13(17-15(18)20)10-5-7-11(16)8-6-10/h5-8,13H,4,16H2,1-3H3,(H,17,20). The van der Waals surface area contributed by atoms with E-state index in [-0.39, 0.29) is 6.03 Å². The summed E-state index contributed by atoms with van der Waals surface area (Å²) < 4.78 is 4.86. The summed E-state index contributed by atoms with van der Waals surface area (Å²) in [6.07, 6.45) is 0. The van der Waals surface area contributed by atoms with E-state index in [1.807, 2.05) is 6.92 Å². The van der Waals surface area contributed by atoms with Crippen molar-refractivity contribution >= 4 is 17.7 Å². The van der Waals surface area contributed by atoms with Crippen molar-refractivity contribution in [2.75, 3.05) is 19.4 Å². The summed E-state index contributed by atoms with van der Waals surface area (Å²) in [6.45, 7) is 4.08. The molecular weight excluding hydrogens is 270 g/mol. The molecule has 0 radical (unpaired) electrons. The molecule has 6 heteroatoms. The first kappa shape index (κ1) is 14.9. The number of benzene rings is 1. The quantitative estimate of drug-likeness (QED) is 0.656. The molecule has 0 saturated heterocycles. The Morgan fingerprint density at radius 1 is 1.38 bits per heavy atom. The monoisotopic (exact) mass is 289 g/mol. The number of hydrogen-bond acceptors (Lipinski definition) is 4. The van der Waals surface area contributed by atoms with Gasteiger partial charge in [0.15, 0.2) is 0 Å². The van der Waals surface area contributed by atoms with Gasteiger partial charge in [0.25, 0.3) is 0 Å². The second kappa shape index (κ2) is 5.87. The molecule has 2 rings (SSSR count).